The van der Waals surface area contributed by atoms with Crippen LogP contribution in [0.15, 0.2) is 55.7 Å². The molecule has 0 aromatic carbocycles. The van der Waals surface area contributed by atoms with Crippen LogP contribution in [-0.4, -0.2) is 58.4 Å². The van der Waals surface area contributed by atoms with Crippen molar-refractivity contribution in [2.75, 3.05) is 19.7 Å². The third kappa shape index (κ3) is 10.1. The molecule has 12 nitrogen and oxygen atoms in total. The van der Waals surface area contributed by atoms with Crippen LogP contribution in [0.3, 0.4) is 0 Å². The highest BCUT2D eigenvalue weighted by Gasteiger charge is 2.17. The number of aromatic nitrogens is 2. The van der Waals surface area contributed by atoms with Gasteiger partial charge in [-0.15, -0.1) is 0 Å². The Bertz CT molecular complexity index is 1160. The molecule has 0 aliphatic carbocycles. The molecule has 2 rings (SSSR count). The van der Waals surface area contributed by atoms with E-state index in [1.54, 1.807) is 6.92 Å². The summed E-state index contributed by atoms with van der Waals surface area (Å²) in [7, 11) is -7.46. The van der Waals surface area contributed by atoms with Crippen LogP contribution in [0.5, 0.6) is 0 Å². The molecule has 176 valence electrons. The molecule has 0 bridgehead atoms. The van der Waals surface area contributed by atoms with Gasteiger partial charge in [-0.2, -0.15) is 4.72 Å². The zero-order valence-electron chi connectivity index (χ0n) is 16.5. The molecule has 0 saturated carbocycles. The summed E-state index contributed by atoms with van der Waals surface area (Å²) in [5.41, 5.74) is 4.82. The lowest BCUT2D eigenvalue weighted by Crippen LogP contribution is -2.33. The Hall–Kier alpha value is -1.98. The van der Waals surface area contributed by atoms with E-state index in [2.05, 4.69) is 51.3 Å². The fourth-order valence-electron chi connectivity index (χ4n) is 1.78. The minimum atomic E-state index is -3.74. The van der Waals surface area contributed by atoms with Gasteiger partial charge in [0.1, 0.15) is 16.3 Å². The number of nitrogens with two attached hydrogens (primary N) is 1. The third-order valence-corrected chi connectivity index (χ3v) is 6.73. The van der Waals surface area contributed by atoms with Gasteiger partial charge in [0.2, 0.25) is 26.0 Å². The van der Waals surface area contributed by atoms with Crippen molar-refractivity contribution >= 4 is 63.8 Å². The summed E-state index contributed by atoms with van der Waals surface area (Å²) in [4.78, 5) is 28.8. The first-order valence-corrected chi connectivity index (χ1v) is 13.1. The van der Waals surface area contributed by atoms with Crippen molar-refractivity contribution in [3.05, 3.63) is 45.9 Å². The summed E-state index contributed by atoms with van der Waals surface area (Å²) in [5.74, 6) is -1.37. The summed E-state index contributed by atoms with van der Waals surface area (Å²) in [6, 6.07) is 2.76. The second-order valence-corrected chi connectivity index (χ2v) is 11.0. The van der Waals surface area contributed by atoms with Gasteiger partial charge in [0.25, 0.3) is 0 Å². The van der Waals surface area contributed by atoms with Crippen molar-refractivity contribution in [2.24, 2.45) is 5.73 Å². The second kappa shape index (κ2) is 12.9. The predicted molar refractivity (Wildman–Crippen MR) is 120 cm³/mol. The molecule has 0 aliphatic rings. The van der Waals surface area contributed by atoms with E-state index in [-0.39, 0.29) is 16.4 Å². The number of hydrogen-bond donors (Lipinski definition) is 3. The Labute approximate surface area is 201 Å². The van der Waals surface area contributed by atoms with Crippen LogP contribution < -0.4 is 15.2 Å². The number of pyridine rings is 2. The van der Waals surface area contributed by atoms with Crippen molar-refractivity contribution < 1.29 is 31.2 Å². The zero-order chi connectivity index (χ0) is 24.4. The number of esters is 1. The maximum atomic E-state index is 11.7. The van der Waals surface area contributed by atoms with Gasteiger partial charge in [0.15, 0.2) is 0 Å². The SMILES string of the molecule is CCOC(=O)CNS(=O)(=O)c1cncc(Br)c1.NC(=O)CNS(=O)(=O)c1cncc(Br)c1. The molecule has 32 heavy (non-hydrogen) atoms. The van der Waals surface area contributed by atoms with Crippen LogP contribution >= 0.6 is 31.9 Å². The van der Waals surface area contributed by atoms with E-state index in [0.717, 1.165) is 0 Å². The van der Waals surface area contributed by atoms with E-state index in [4.69, 9.17) is 5.73 Å². The molecular weight excluding hydrogens is 598 g/mol. The number of carbonyl (C=O) groups is 2. The largest absolute Gasteiger partial charge is 0.465 e. The molecule has 0 spiro atoms. The molecule has 2 heterocycles. The van der Waals surface area contributed by atoms with E-state index in [9.17, 15) is 26.4 Å². The topological polar surface area (TPSA) is 188 Å². The average Bonchev–Trinajstić information content (AvgIpc) is 2.72. The number of nitrogens with one attached hydrogen (secondary N) is 2. The maximum absolute atomic E-state index is 11.7. The molecule has 2 aromatic rings. The number of hydrogen-bond acceptors (Lipinski definition) is 9. The van der Waals surface area contributed by atoms with Crippen molar-refractivity contribution in [1.29, 1.82) is 0 Å². The lowest BCUT2D eigenvalue weighted by Gasteiger charge is -2.06. The van der Waals surface area contributed by atoms with E-state index < -0.39 is 45.0 Å². The third-order valence-electron chi connectivity index (χ3n) is 3.13. The highest BCUT2D eigenvalue weighted by Crippen LogP contribution is 2.14. The van der Waals surface area contributed by atoms with Crippen LogP contribution in [0.1, 0.15) is 6.92 Å². The molecule has 2 aromatic heterocycles. The molecule has 0 fully saturated rings. The summed E-state index contributed by atoms with van der Waals surface area (Å²) >= 11 is 6.20. The maximum Gasteiger partial charge on any atom is 0.321 e. The summed E-state index contributed by atoms with van der Waals surface area (Å²) in [5, 5.41) is 0. The Balaban J connectivity index is 0.000000323. The van der Waals surface area contributed by atoms with Crippen molar-refractivity contribution in [1.82, 2.24) is 19.4 Å². The van der Waals surface area contributed by atoms with Crippen molar-refractivity contribution in [3.8, 4) is 0 Å². The van der Waals surface area contributed by atoms with Gasteiger partial charge in [-0.3, -0.25) is 19.6 Å². The van der Waals surface area contributed by atoms with E-state index >= 15 is 0 Å². The smallest absolute Gasteiger partial charge is 0.321 e. The first kappa shape index (κ1) is 28.1. The Morgan fingerprint density at radius 1 is 0.906 bits per heavy atom. The molecule has 1 amide bonds. The summed E-state index contributed by atoms with van der Waals surface area (Å²) < 4.78 is 56.3. The molecule has 0 atom stereocenters. The first-order valence-electron chi connectivity index (χ1n) is 8.51. The van der Waals surface area contributed by atoms with Gasteiger partial charge in [0, 0.05) is 33.7 Å². The van der Waals surface area contributed by atoms with Gasteiger partial charge in [0.05, 0.1) is 13.2 Å². The highest BCUT2D eigenvalue weighted by atomic mass is 79.9. The monoisotopic (exact) mass is 615 g/mol. The normalized spacial score (nSPS) is 11.2. The number of rotatable bonds is 9. The van der Waals surface area contributed by atoms with Crippen LogP contribution in [0, 0.1) is 0 Å². The Kier molecular flexibility index (Phi) is 11.3. The quantitative estimate of drug-likeness (QED) is 0.333. The Morgan fingerprint density at radius 3 is 1.72 bits per heavy atom. The summed E-state index contributed by atoms with van der Waals surface area (Å²) in [6.45, 7) is 1.02. The van der Waals surface area contributed by atoms with Gasteiger partial charge < -0.3 is 10.5 Å². The van der Waals surface area contributed by atoms with Crippen LogP contribution in [-0.2, 0) is 34.4 Å². The fourth-order valence-corrected chi connectivity index (χ4v) is 4.75. The van der Waals surface area contributed by atoms with E-state index in [1.807, 2.05) is 4.72 Å². The molecule has 0 radical (unpaired) electrons. The van der Waals surface area contributed by atoms with Crippen molar-refractivity contribution in [3.63, 3.8) is 0 Å². The van der Waals surface area contributed by atoms with Gasteiger partial charge in [-0.1, -0.05) is 0 Å². The van der Waals surface area contributed by atoms with Gasteiger partial charge in [-0.25, -0.2) is 21.6 Å². The van der Waals surface area contributed by atoms with Crippen LogP contribution in [0.2, 0.25) is 0 Å². The zero-order valence-corrected chi connectivity index (χ0v) is 21.3. The number of primary amides is 1. The van der Waals surface area contributed by atoms with Gasteiger partial charge in [-0.05, 0) is 50.9 Å². The number of nitrogens with zero attached hydrogens (tertiary/aromatic N) is 2. The minimum absolute atomic E-state index is 0.0174. The van der Waals surface area contributed by atoms with Gasteiger partial charge >= 0.3 is 5.97 Å². The standard InChI is InChI=1S/C9H11BrN2O4S.C7H8BrN3O3S/c1-2-16-9(13)6-12-17(14,15)8-3-7(10)4-11-5-8;8-5-1-6(3-10-2-5)15(13,14)11-4-7(9)12/h3-5,12H,2,6H2,1H3;1-3,11H,4H2,(H2,9,12). The number of carbonyl (C=O) groups excluding carboxylic acids is 2. The number of amides is 1. The molecule has 0 aliphatic heterocycles. The average molecular weight is 617 g/mol. The van der Waals surface area contributed by atoms with Crippen molar-refractivity contribution in [2.45, 2.75) is 16.7 Å². The first-order chi connectivity index (χ1) is 14.9. The second-order valence-electron chi connectivity index (χ2n) is 5.60. The van der Waals surface area contributed by atoms with Crippen LogP contribution in [0.4, 0.5) is 0 Å². The lowest BCUT2D eigenvalue weighted by atomic mass is 10.5. The minimum Gasteiger partial charge on any atom is -0.465 e. The highest BCUT2D eigenvalue weighted by molar-refractivity contribution is 9.10. The summed E-state index contributed by atoms with van der Waals surface area (Å²) in [6.07, 6.45) is 5.28. The lowest BCUT2D eigenvalue weighted by molar-refractivity contribution is -0.141. The Morgan fingerprint density at radius 2 is 1.34 bits per heavy atom. The molecule has 0 saturated heterocycles. The molecule has 4 N–H and O–H groups in total. The number of halogens is 2. The molecule has 0 unspecified atom stereocenters. The van der Waals surface area contributed by atoms with E-state index in [0.29, 0.717) is 8.95 Å². The number of sulfonamides is 2. The van der Waals surface area contributed by atoms with Crippen LogP contribution in [0.25, 0.3) is 0 Å². The number of ether oxygens (including phenoxy) is 1. The molecular formula is C16H19Br2N5O7S2. The predicted octanol–water partition coefficient (Wildman–Crippen LogP) is 0.293. The van der Waals surface area contributed by atoms with E-state index in [1.165, 1.54) is 36.9 Å². The fraction of sp³-hybridized carbons (Fsp3) is 0.250. The molecule has 16 heteroatoms.